The van der Waals surface area contributed by atoms with E-state index in [-0.39, 0.29) is 6.09 Å². The predicted molar refractivity (Wildman–Crippen MR) is 148 cm³/mol. The van der Waals surface area contributed by atoms with Gasteiger partial charge in [-0.1, -0.05) is 6.07 Å². The number of anilines is 2. The number of carbonyl (C=O) groups excluding carboxylic acids is 1. The highest BCUT2D eigenvalue weighted by Gasteiger charge is 2.25. The molecule has 0 radical (unpaired) electrons. The number of amides is 1. The Morgan fingerprint density at radius 1 is 1.10 bits per heavy atom. The molecule has 1 unspecified atom stereocenters. The fraction of sp³-hybridized carbons (Fsp3) is 0.393. The smallest absolute Gasteiger partial charge is 0.410 e. The molecule has 4 heterocycles. The lowest BCUT2D eigenvalue weighted by atomic mass is 10.1. The zero-order valence-electron chi connectivity index (χ0n) is 22.7. The van der Waals surface area contributed by atoms with E-state index < -0.39 is 11.7 Å². The highest BCUT2D eigenvalue weighted by molar-refractivity contribution is 5.83. The Hall–Kier alpha value is -4.09. The Morgan fingerprint density at radius 3 is 2.64 bits per heavy atom. The van der Waals surface area contributed by atoms with E-state index >= 15 is 0 Å². The first-order valence-corrected chi connectivity index (χ1v) is 13.1. The standard InChI is InChI=1S/C28H34N8O3/c1-18(37)22-15-23(31-17-30-22)20-5-6-21-24(14-20)33-26(32-21)34-25-13-19(7-8-29-25)16-35-9-11-36(12-10-35)27(38)39-28(2,3)4/h5-8,13-15,17-18,37H,9-12,16H2,1-4H3,(H2,29,32,33,34). The molecule has 3 N–H and O–H groups in total. The van der Waals surface area contributed by atoms with Gasteiger partial charge in [0.05, 0.1) is 28.5 Å². The first kappa shape index (κ1) is 26.5. The van der Waals surface area contributed by atoms with Crippen LogP contribution < -0.4 is 5.32 Å². The van der Waals surface area contributed by atoms with Crippen molar-refractivity contribution in [2.24, 2.45) is 0 Å². The summed E-state index contributed by atoms with van der Waals surface area (Å²) in [5, 5.41) is 13.1. The van der Waals surface area contributed by atoms with E-state index in [1.165, 1.54) is 6.33 Å². The number of hydrogen-bond acceptors (Lipinski definition) is 9. The number of carbonyl (C=O) groups is 1. The Morgan fingerprint density at radius 2 is 1.90 bits per heavy atom. The molecule has 1 saturated heterocycles. The Bertz CT molecular complexity index is 1450. The topological polar surface area (TPSA) is 132 Å². The molecule has 1 atom stereocenters. The summed E-state index contributed by atoms with van der Waals surface area (Å²) in [6, 6.07) is 11.6. The van der Waals surface area contributed by atoms with Crippen molar-refractivity contribution in [3.05, 3.63) is 60.2 Å². The number of nitrogens with one attached hydrogen (secondary N) is 2. The summed E-state index contributed by atoms with van der Waals surface area (Å²) >= 11 is 0. The number of pyridine rings is 1. The summed E-state index contributed by atoms with van der Waals surface area (Å²) in [5.74, 6) is 1.28. The van der Waals surface area contributed by atoms with Gasteiger partial charge in [0.15, 0.2) is 0 Å². The Labute approximate surface area is 227 Å². The number of rotatable bonds is 6. The molecule has 1 aliphatic rings. The van der Waals surface area contributed by atoms with Crippen LogP contribution in [0, 0.1) is 0 Å². The van der Waals surface area contributed by atoms with Gasteiger partial charge >= 0.3 is 6.09 Å². The number of ether oxygens (including phenoxy) is 1. The quantitative estimate of drug-likeness (QED) is 0.334. The molecule has 1 amide bonds. The van der Waals surface area contributed by atoms with Crippen molar-refractivity contribution in [1.29, 1.82) is 0 Å². The Kier molecular flexibility index (Phi) is 7.45. The number of hydrogen-bond donors (Lipinski definition) is 3. The third-order valence-electron chi connectivity index (χ3n) is 6.39. The van der Waals surface area contributed by atoms with Crippen LogP contribution in [0.2, 0.25) is 0 Å². The van der Waals surface area contributed by atoms with E-state index in [2.05, 4.69) is 35.1 Å². The summed E-state index contributed by atoms with van der Waals surface area (Å²) in [7, 11) is 0. The zero-order valence-corrected chi connectivity index (χ0v) is 22.7. The number of piperazine rings is 1. The van der Waals surface area contributed by atoms with Gasteiger partial charge in [0, 0.05) is 44.5 Å². The molecule has 39 heavy (non-hydrogen) atoms. The average molecular weight is 531 g/mol. The van der Waals surface area contributed by atoms with E-state index in [1.807, 2.05) is 51.1 Å². The second kappa shape index (κ2) is 11.0. The molecular formula is C28H34N8O3. The van der Waals surface area contributed by atoms with Crippen molar-refractivity contribution in [2.75, 3.05) is 31.5 Å². The van der Waals surface area contributed by atoms with Crippen molar-refractivity contribution in [3.63, 3.8) is 0 Å². The number of benzene rings is 1. The van der Waals surface area contributed by atoms with Gasteiger partial charge < -0.3 is 25.0 Å². The monoisotopic (exact) mass is 530 g/mol. The van der Waals surface area contributed by atoms with E-state index in [1.54, 1.807) is 24.1 Å². The number of aromatic amines is 1. The molecule has 5 rings (SSSR count). The molecule has 0 aliphatic carbocycles. The molecule has 1 aromatic carbocycles. The molecule has 11 nitrogen and oxygen atoms in total. The van der Waals surface area contributed by atoms with Crippen LogP contribution >= 0.6 is 0 Å². The molecule has 0 saturated carbocycles. The molecule has 4 aromatic rings. The molecule has 3 aromatic heterocycles. The van der Waals surface area contributed by atoms with Gasteiger partial charge in [-0.3, -0.25) is 4.90 Å². The number of aliphatic hydroxyl groups excluding tert-OH is 1. The van der Waals surface area contributed by atoms with E-state index in [0.717, 1.165) is 47.5 Å². The van der Waals surface area contributed by atoms with E-state index in [0.29, 0.717) is 30.5 Å². The lowest BCUT2D eigenvalue weighted by Crippen LogP contribution is -2.49. The number of fused-ring (bicyclic) bond motifs is 1. The van der Waals surface area contributed by atoms with Crippen molar-refractivity contribution in [2.45, 2.75) is 45.9 Å². The van der Waals surface area contributed by atoms with Crippen LogP contribution in [-0.4, -0.2) is 77.7 Å². The minimum atomic E-state index is -0.663. The summed E-state index contributed by atoms with van der Waals surface area (Å²) in [6.07, 6.45) is 2.33. The molecule has 1 aliphatic heterocycles. The fourth-order valence-corrected chi connectivity index (χ4v) is 4.42. The maximum atomic E-state index is 12.3. The highest BCUT2D eigenvalue weighted by atomic mass is 16.6. The maximum absolute atomic E-state index is 12.3. The fourth-order valence-electron chi connectivity index (χ4n) is 4.42. The van der Waals surface area contributed by atoms with Gasteiger partial charge in [-0.2, -0.15) is 0 Å². The van der Waals surface area contributed by atoms with Crippen molar-refractivity contribution in [1.82, 2.24) is 34.7 Å². The maximum Gasteiger partial charge on any atom is 0.410 e. The van der Waals surface area contributed by atoms with Crippen molar-refractivity contribution < 1.29 is 14.6 Å². The number of nitrogens with zero attached hydrogens (tertiary/aromatic N) is 6. The van der Waals surface area contributed by atoms with Gasteiger partial charge in [0.1, 0.15) is 17.7 Å². The lowest BCUT2D eigenvalue weighted by molar-refractivity contribution is 0.0139. The molecule has 204 valence electrons. The van der Waals surface area contributed by atoms with Gasteiger partial charge in [-0.15, -0.1) is 0 Å². The van der Waals surface area contributed by atoms with Gasteiger partial charge in [0.2, 0.25) is 5.95 Å². The normalized spacial score (nSPS) is 15.4. The SMILES string of the molecule is CC(O)c1cc(-c2ccc3nc(Nc4cc(CN5CCN(C(=O)OC(C)(C)C)CC5)ccn4)[nH]c3c2)ncn1. The number of imidazole rings is 1. The molecule has 0 spiro atoms. The second-order valence-corrected chi connectivity index (χ2v) is 10.7. The first-order valence-electron chi connectivity index (χ1n) is 13.1. The van der Waals surface area contributed by atoms with Crippen LogP contribution in [0.15, 0.2) is 48.9 Å². The largest absolute Gasteiger partial charge is 0.444 e. The average Bonchev–Trinajstić information content (AvgIpc) is 3.30. The van der Waals surface area contributed by atoms with Gasteiger partial charge in [-0.25, -0.2) is 24.7 Å². The Balaban J connectivity index is 1.22. The van der Waals surface area contributed by atoms with E-state index in [4.69, 9.17) is 4.74 Å². The highest BCUT2D eigenvalue weighted by Crippen LogP contribution is 2.25. The summed E-state index contributed by atoms with van der Waals surface area (Å²) in [6.45, 7) is 10.9. The summed E-state index contributed by atoms with van der Waals surface area (Å²) < 4.78 is 5.50. The van der Waals surface area contributed by atoms with Gasteiger partial charge in [-0.05, 0) is 63.6 Å². The number of aliphatic hydroxyl groups is 1. The lowest BCUT2D eigenvalue weighted by Gasteiger charge is -2.35. The van der Waals surface area contributed by atoms with Crippen LogP contribution in [0.3, 0.4) is 0 Å². The molecular weight excluding hydrogens is 496 g/mol. The molecule has 11 heteroatoms. The minimum Gasteiger partial charge on any atom is -0.444 e. The third-order valence-corrected chi connectivity index (χ3v) is 6.39. The summed E-state index contributed by atoms with van der Waals surface area (Å²) in [5.41, 5.74) is 4.49. The van der Waals surface area contributed by atoms with Crippen LogP contribution in [0.25, 0.3) is 22.3 Å². The molecule has 1 fully saturated rings. The number of H-pyrrole nitrogens is 1. The first-order chi connectivity index (χ1) is 18.6. The zero-order chi connectivity index (χ0) is 27.6. The van der Waals surface area contributed by atoms with Crippen LogP contribution in [0.5, 0.6) is 0 Å². The second-order valence-electron chi connectivity index (χ2n) is 10.7. The van der Waals surface area contributed by atoms with Crippen LogP contribution in [0.1, 0.15) is 45.1 Å². The predicted octanol–water partition coefficient (Wildman–Crippen LogP) is 4.26. The van der Waals surface area contributed by atoms with Crippen LogP contribution in [-0.2, 0) is 11.3 Å². The molecule has 0 bridgehead atoms. The number of aromatic nitrogens is 5. The van der Waals surface area contributed by atoms with Gasteiger partial charge in [0.25, 0.3) is 0 Å². The summed E-state index contributed by atoms with van der Waals surface area (Å²) in [4.78, 5) is 37.3. The van der Waals surface area contributed by atoms with Crippen molar-refractivity contribution in [3.8, 4) is 11.3 Å². The van der Waals surface area contributed by atoms with E-state index in [9.17, 15) is 9.90 Å². The third kappa shape index (κ3) is 6.68. The van der Waals surface area contributed by atoms with Crippen LogP contribution in [0.4, 0.5) is 16.6 Å². The minimum absolute atomic E-state index is 0.253. The van der Waals surface area contributed by atoms with Crippen molar-refractivity contribution >= 4 is 28.9 Å².